The molecule has 1 aliphatic carbocycles. The van der Waals surface area contributed by atoms with Crippen molar-refractivity contribution in [1.29, 1.82) is 0 Å². The van der Waals surface area contributed by atoms with Gasteiger partial charge < -0.3 is 4.90 Å². The van der Waals surface area contributed by atoms with Crippen molar-refractivity contribution in [2.24, 2.45) is 17.8 Å². The largest absolute Gasteiger partial charge is 0.323 e. The zero-order valence-electron chi connectivity index (χ0n) is 13.9. The number of hydrogen-bond acceptors (Lipinski definition) is 2. The summed E-state index contributed by atoms with van der Waals surface area (Å²) in [5.41, 5.74) is 0. The van der Waals surface area contributed by atoms with Crippen LogP contribution in [0.15, 0.2) is 0 Å². The van der Waals surface area contributed by atoms with Gasteiger partial charge in [0, 0.05) is 6.04 Å². The Morgan fingerprint density at radius 2 is 1.85 bits per heavy atom. The first kappa shape index (κ1) is 15.8. The Kier molecular flexibility index (Phi) is 5.11. The minimum absolute atomic E-state index is 0.0376. The fraction of sp³-hybridized carbons (Fsp3) is 0.941. The number of rotatable bonds is 7. The Morgan fingerprint density at radius 1 is 1.20 bits per heavy atom. The van der Waals surface area contributed by atoms with Crippen LogP contribution in [0.1, 0.15) is 66.7 Å². The molecule has 1 amide bonds. The van der Waals surface area contributed by atoms with Gasteiger partial charge in [-0.15, -0.1) is 0 Å². The Bertz CT molecular complexity index is 336. The molecular weight excluding hydrogens is 248 g/mol. The minimum atomic E-state index is 0.0376. The van der Waals surface area contributed by atoms with Crippen LogP contribution in [-0.2, 0) is 4.79 Å². The van der Waals surface area contributed by atoms with Crippen LogP contribution in [0.2, 0.25) is 0 Å². The molecule has 0 aromatic heterocycles. The lowest BCUT2D eigenvalue weighted by Crippen LogP contribution is -2.47. The summed E-state index contributed by atoms with van der Waals surface area (Å²) in [4.78, 5) is 15.0. The number of nitrogens with one attached hydrogen (secondary N) is 1. The second-order valence-electron chi connectivity index (χ2n) is 7.52. The number of carbonyl (C=O) groups is 1. The van der Waals surface area contributed by atoms with E-state index in [1.165, 1.54) is 19.3 Å². The smallest absolute Gasteiger partial charge is 0.241 e. The third-order valence-corrected chi connectivity index (χ3v) is 4.73. The maximum Gasteiger partial charge on any atom is 0.241 e. The Morgan fingerprint density at radius 3 is 2.30 bits per heavy atom. The van der Waals surface area contributed by atoms with E-state index in [-0.39, 0.29) is 12.2 Å². The van der Waals surface area contributed by atoms with Gasteiger partial charge in [0.15, 0.2) is 0 Å². The second-order valence-corrected chi connectivity index (χ2v) is 7.52. The average molecular weight is 280 g/mol. The summed E-state index contributed by atoms with van der Waals surface area (Å²) in [7, 11) is 0. The van der Waals surface area contributed by atoms with Crippen molar-refractivity contribution in [3.63, 3.8) is 0 Å². The molecule has 1 heterocycles. The van der Waals surface area contributed by atoms with E-state index in [1.54, 1.807) is 0 Å². The van der Waals surface area contributed by atoms with Gasteiger partial charge in [0.25, 0.3) is 0 Å². The molecule has 3 nitrogen and oxygen atoms in total. The molecule has 2 fully saturated rings. The minimum Gasteiger partial charge on any atom is -0.323 e. The van der Waals surface area contributed by atoms with Crippen molar-refractivity contribution in [3.8, 4) is 0 Å². The first-order chi connectivity index (χ1) is 9.43. The first-order valence-electron chi connectivity index (χ1n) is 8.52. The molecule has 20 heavy (non-hydrogen) atoms. The molecule has 1 N–H and O–H groups in total. The molecule has 0 aromatic rings. The molecule has 1 saturated carbocycles. The third kappa shape index (κ3) is 3.55. The Balaban J connectivity index is 2.10. The number of hydrogen-bond donors (Lipinski definition) is 1. The maximum absolute atomic E-state index is 12.8. The van der Waals surface area contributed by atoms with Crippen LogP contribution < -0.4 is 5.32 Å². The standard InChI is InChI=1S/C17H32N2O/c1-6-14(10-13-7-8-13)19-16(12(4)5)18-15(17(19)20)9-11(2)3/h11-16,18H,6-10H2,1-5H3. The zero-order valence-corrected chi connectivity index (χ0v) is 13.9. The van der Waals surface area contributed by atoms with E-state index < -0.39 is 0 Å². The topological polar surface area (TPSA) is 32.3 Å². The fourth-order valence-electron chi connectivity index (χ4n) is 3.45. The van der Waals surface area contributed by atoms with Gasteiger partial charge in [-0.05, 0) is 37.0 Å². The summed E-state index contributed by atoms with van der Waals surface area (Å²) in [5.74, 6) is 2.27. The van der Waals surface area contributed by atoms with Crippen LogP contribution in [0.25, 0.3) is 0 Å². The van der Waals surface area contributed by atoms with Gasteiger partial charge in [-0.1, -0.05) is 47.5 Å². The molecule has 3 unspecified atom stereocenters. The molecule has 0 spiro atoms. The highest BCUT2D eigenvalue weighted by Gasteiger charge is 2.44. The summed E-state index contributed by atoms with van der Waals surface area (Å²) in [5, 5.41) is 3.61. The van der Waals surface area contributed by atoms with Crippen molar-refractivity contribution in [1.82, 2.24) is 10.2 Å². The maximum atomic E-state index is 12.8. The monoisotopic (exact) mass is 280 g/mol. The summed E-state index contributed by atoms with van der Waals surface area (Å²) in [6.45, 7) is 11.1. The molecule has 0 radical (unpaired) electrons. The lowest BCUT2D eigenvalue weighted by molar-refractivity contribution is -0.133. The van der Waals surface area contributed by atoms with Crippen molar-refractivity contribution in [2.75, 3.05) is 0 Å². The van der Waals surface area contributed by atoms with Crippen LogP contribution in [0.5, 0.6) is 0 Å². The average Bonchev–Trinajstić information content (AvgIpc) is 3.12. The van der Waals surface area contributed by atoms with Gasteiger partial charge >= 0.3 is 0 Å². The highest BCUT2D eigenvalue weighted by atomic mass is 16.2. The van der Waals surface area contributed by atoms with Crippen molar-refractivity contribution < 1.29 is 4.79 Å². The van der Waals surface area contributed by atoms with Crippen LogP contribution in [0.4, 0.5) is 0 Å². The molecule has 3 heteroatoms. The lowest BCUT2D eigenvalue weighted by atomic mass is 10.0. The van der Waals surface area contributed by atoms with Crippen LogP contribution >= 0.6 is 0 Å². The molecule has 0 aromatic carbocycles. The van der Waals surface area contributed by atoms with E-state index in [4.69, 9.17) is 0 Å². The van der Waals surface area contributed by atoms with Gasteiger partial charge in [0.05, 0.1) is 12.2 Å². The van der Waals surface area contributed by atoms with E-state index in [0.29, 0.717) is 23.8 Å². The number of amides is 1. The van der Waals surface area contributed by atoms with E-state index in [0.717, 1.165) is 18.8 Å². The molecule has 0 bridgehead atoms. The van der Waals surface area contributed by atoms with Crippen LogP contribution in [0, 0.1) is 17.8 Å². The quantitative estimate of drug-likeness (QED) is 0.775. The van der Waals surface area contributed by atoms with Gasteiger partial charge in [-0.3, -0.25) is 10.1 Å². The summed E-state index contributed by atoms with van der Waals surface area (Å²) >= 11 is 0. The van der Waals surface area contributed by atoms with Crippen LogP contribution in [-0.4, -0.2) is 29.1 Å². The van der Waals surface area contributed by atoms with Crippen LogP contribution in [0.3, 0.4) is 0 Å². The predicted molar refractivity (Wildman–Crippen MR) is 83.3 cm³/mol. The van der Waals surface area contributed by atoms with E-state index in [1.807, 2.05) is 0 Å². The van der Waals surface area contributed by atoms with Gasteiger partial charge in [0.1, 0.15) is 0 Å². The summed E-state index contributed by atoms with van der Waals surface area (Å²) < 4.78 is 0. The molecule has 116 valence electrons. The molecule has 2 aliphatic rings. The van der Waals surface area contributed by atoms with E-state index >= 15 is 0 Å². The van der Waals surface area contributed by atoms with Crippen molar-refractivity contribution in [2.45, 2.75) is 85.0 Å². The molecule has 3 atom stereocenters. The fourth-order valence-corrected chi connectivity index (χ4v) is 3.45. The third-order valence-electron chi connectivity index (χ3n) is 4.73. The second kappa shape index (κ2) is 6.46. The zero-order chi connectivity index (χ0) is 14.9. The van der Waals surface area contributed by atoms with E-state index in [9.17, 15) is 4.79 Å². The molecular formula is C17H32N2O. The molecule has 1 saturated heterocycles. The van der Waals surface area contributed by atoms with E-state index in [2.05, 4.69) is 44.8 Å². The normalized spacial score (nSPS) is 28.8. The lowest BCUT2D eigenvalue weighted by Gasteiger charge is -2.34. The van der Waals surface area contributed by atoms with Gasteiger partial charge in [0.2, 0.25) is 5.91 Å². The summed E-state index contributed by atoms with van der Waals surface area (Å²) in [6.07, 6.45) is 6.22. The highest BCUT2D eigenvalue weighted by molar-refractivity contribution is 5.84. The highest BCUT2D eigenvalue weighted by Crippen LogP contribution is 2.37. The molecule has 1 aliphatic heterocycles. The Labute approximate surface area is 124 Å². The SMILES string of the molecule is CCC(CC1CC1)N1C(=O)C(CC(C)C)NC1C(C)C. The molecule has 2 rings (SSSR count). The number of carbonyl (C=O) groups excluding carboxylic acids is 1. The predicted octanol–water partition coefficient (Wildman–Crippen LogP) is 3.39. The van der Waals surface area contributed by atoms with Gasteiger partial charge in [-0.2, -0.15) is 0 Å². The summed E-state index contributed by atoms with van der Waals surface area (Å²) in [6, 6.07) is 0.475. The first-order valence-corrected chi connectivity index (χ1v) is 8.52. The Hall–Kier alpha value is -0.570. The van der Waals surface area contributed by atoms with Gasteiger partial charge in [-0.25, -0.2) is 0 Å². The van der Waals surface area contributed by atoms with Crippen molar-refractivity contribution in [3.05, 3.63) is 0 Å². The number of nitrogens with zero attached hydrogens (tertiary/aromatic N) is 1. The van der Waals surface area contributed by atoms with Crippen molar-refractivity contribution >= 4 is 5.91 Å².